The van der Waals surface area contributed by atoms with Crippen LogP contribution in [0.2, 0.25) is 0 Å². The number of rotatable bonds is 2. The molecule has 0 radical (unpaired) electrons. The summed E-state index contributed by atoms with van der Waals surface area (Å²) in [5.41, 5.74) is 10.2. The molecule has 20 heavy (non-hydrogen) atoms. The smallest absolute Gasteiger partial charge is 0.103 e. The predicted octanol–water partition coefficient (Wildman–Crippen LogP) is 2.91. The van der Waals surface area contributed by atoms with E-state index in [0.29, 0.717) is 4.99 Å². The fraction of sp³-hybridized carbons (Fsp3) is 0.188. The summed E-state index contributed by atoms with van der Waals surface area (Å²) in [6.45, 7) is 1.98. The highest BCUT2D eigenvalue weighted by atomic mass is 32.1. The summed E-state index contributed by atoms with van der Waals surface area (Å²) in [6.07, 6.45) is 0. The van der Waals surface area contributed by atoms with E-state index in [1.54, 1.807) is 0 Å². The molecule has 0 bridgehead atoms. The lowest BCUT2D eigenvalue weighted by molar-refractivity contribution is 0.822. The molecule has 0 saturated heterocycles. The molecule has 3 nitrogen and oxygen atoms in total. The Labute approximate surface area is 124 Å². The van der Waals surface area contributed by atoms with Crippen LogP contribution >= 0.6 is 12.2 Å². The average molecular weight is 283 g/mol. The van der Waals surface area contributed by atoms with Crippen LogP contribution in [-0.4, -0.2) is 25.1 Å². The topological polar surface area (TPSA) is 32.5 Å². The number of nitrogens with two attached hydrogens (primary N) is 1. The molecule has 0 unspecified atom stereocenters. The van der Waals surface area contributed by atoms with Gasteiger partial charge in [0.2, 0.25) is 0 Å². The minimum absolute atomic E-state index is 0.440. The first kappa shape index (κ1) is 12.9. The molecule has 2 aromatic rings. The van der Waals surface area contributed by atoms with Crippen LogP contribution in [0.25, 0.3) is 0 Å². The second-order valence-corrected chi connectivity index (χ2v) is 5.41. The normalized spacial score (nSPS) is 14.1. The Morgan fingerprint density at radius 1 is 1.00 bits per heavy atom. The molecular formula is C16H17N3S. The van der Waals surface area contributed by atoms with Gasteiger partial charge < -0.3 is 15.5 Å². The lowest BCUT2D eigenvalue weighted by Gasteiger charge is -2.37. The molecule has 2 N–H and O–H groups in total. The Balaban J connectivity index is 1.99. The Morgan fingerprint density at radius 2 is 1.65 bits per heavy atom. The number of benzene rings is 2. The molecule has 4 heteroatoms. The predicted molar refractivity (Wildman–Crippen MR) is 89.0 cm³/mol. The van der Waals surface area contributed by atoms with Gasteiger partial charge >= 0.3 is 0 Å². The molecule has 0 aliphatic carbocycles. The summed E-state index contributed by atoms with van der Waals surface area (Å²) >= 11 is 5.00. The fourth-order valence-corrected chi connectivity index (χ4v) is 2.72. The minimum atomic E-state index is 0.440. The van der Waals surface area contributed by atoms with E-state index in [4.69, 9.17) is 18.0 Å². The number of para-hydroxylation sites is 2. The van der Waals surface area contributed by atoms with E-state index in [9.17, 15) is 0 Å². The largest absolute Gasteiger partial charge is 0.389 e. The SMILES string of the molecule is CN1CCN(c2ccc(C(N)=S)cc2)c2ccccc21. The van der Waals surface area contributed by atoms with Gasteiger partial charge in [0, 0.05) is 31.4 Å². The van der Waals surface area contributed by atoms with Crippen LogP contribution in [0, 0.1) is 0 Å². The molecule has 0 aromatic heterocycles. The van der Waals surface area contributed by atoms with E-state index in [1.165, 1.54) is 17.1 Å². The lowest BCUT2D eigenvalue weighted by atomic mass is 10.1. The molecule has 3 rings (SSSR count). The summed E-state index contributed by atoms with van der Waals surface area (Å²) in [5.74, 6) is 0. The Morgan fingerprint density at radius 3 is 2.30 bits per heavy atom. The molecule has 0 spiro atoms. The number of fused-ring (bicyclic) bond motifs is 1. The molecule has 1 heterocycles. The molecule has 102 valence electrons. The molecule has 2 aromatic carbocycles. The van der Waals surface area contributed by atoms with E-state index in [2.05, 4.69) is 53.2 Å². The Hall–Kier alpha value is -2.07. The van der Waals surface area contributed by atoms with Gasteiger partial charge in [-0.05, 0) is 36.4 Å². The van der Waals surface area contributed by atoms with Crippen LogP contribution in [0.1, 0.15) is 5.56 Å². The first-order valence-corrected chi connectivity index (χ1v) is 7.05. The van der Waals surface area contributed by atoms with E-state index in [0.717, 1.165) is 18.7 Å². The fourth-order valence-electron chi connectivity index (χ4n) is 2.58. The highest BCUT2D eigenvalue weighted by Crippen LogP contribution is 2.36. The third kappa shape index (κ3) is 2.23. The van der Waals surface area contributed by atoms with Crippen LogP contribution in [0.3, 0.4) is 0 Å². The standard InChI is InChI=1S/C16H17N3S/c1-18-10-11-19(15-5-3-2-4-14(15)18)13-8-6-12(7-9-13)16(17)20/h2-9H,10-11H2,1H3,(H2,17,20). The quantitative estimate of drug-likeness (QED) is 0.859. The van der Waals surface area contributed by atoms with Crippen LogP contribution in [0.4, 0.5) is 17.1 Å². The molecule has 0 fully saturated rings. The third-order valence-corrected chi connectivity index (χ3v) is 3.94. The summed E-state index contributed by atoms with van der Waals surface area (Å²) in [7, 11) is 2.13. The summed E-state index contributed by atoms with van der Waals surface area (Å²) < 4.78 is 0. The van der Waals surface area contributed by atoms with Gasteiger partial charge in [-0.1, -0.05) is 24.4 Å². The van der Waals surface area contributed by atoms with Gasteiger partial charge in [0.1, 0.15) is 4.99 Å². The Bertz CT molecular complexity index is 636. The van der Waals surface area contributed by atoms with E-state index in [1.807, 2.05) is 12.1 Å². The van der Waals surface area contributed by atoms with Gasteiger partial charge in [0.25, 0.3) is 0 Å². The van der Waals surface area contributed by atoms with Crippen molar-refractivity contribution < 1.29 is 0 Å². The molecule has 1 aliphatic heterocycles. The van der Waals surface area contributed by atoms with Gasteiger partial charge in [-0.25, -0.2) is 0 Å². The van der Waals surface area contributed by atoms with Crippen LogP contribution in [0.5, 0.6) is 0 Å². The van der Waals surface area contributed by atoms with Crippen molar-refractivity contribution >= 4 is 34.3 Å². The average Bonchev–Trinajstić information content (AvgIpc) is 2.48. The van der Waals surface area contributed by atoms with Gasteiger partial charge in [0.15, 0.2) is 0 Å². The summed E-state index contributed by atoms with van der Waals surface area (Å²) in [5, 5.41) is 0. The van der Waals surface area contributed by atoms with Gasteiger partial charge in [-0.2, -0.15) is 0 Å². The summed E-state index contributed by atoms with van der Waals surface area (Å²) in [4.78, 5) is 5.06. The third-order valence-electron chi connectivity index (χ3n) is 3.71. The minimum Gasteiger partial charge on any atom is -0.389 e. The number of nitrogens with zero attached hydrogens (tertiary/aromatic N) is 2. The maximum Gasteiger partial charge on any atom is 0.103 e. The molecular weight excluding hydrogens is 266 g/mol. The monoisotopic (exact) mass is 283 g/mol. The van der Waals surface area contributed by atoms with Crippen molar-refractivity contribution in [3.8, 4) is 0 Å². The van der Waals surface area contributed by atoms with Crippen molar-refractivity contribution in [1.82, 2.24) is 0 Å². The van der Waals surface area contributed by atoms with Gasteiger partial charge in [-0.15, -0.1) is 0 Å². The van der Waals surface area contributed by atoms with Crippen molar-refractivity contribution in [2.45, 2.75) is 0 Å². The van der Waals surface area contributed by atoms with E-state index >= 15 is 0 Å². The molecule has 0 saturated carbocycles. The second kappa shape index (κ2) is 5.13. The molecule has 1 aliphatic rings. The Kier molecular flexibility index (Phi) is 3.32. The van der Waals surface area contributed by atoms with Crippen molar-refractivity contribution in [2.24, 2.45) is 5.73 Å². The second-order valence-electron chi connectivity index (χ2n) is 4.97. The van der Waals surface area contributed by atoms with Crippen molar-refractivity contribution in [2.75, 3.05) is 29.9 Å². The molecule has 0 atom stereocenters. The van der Waals surface area contributed by atoms with Crippen molar-refractivity contribution in [3.63, 3.8) is 0 Å². The number of hydrogen-bond donors (Lipinski definition) is 1. The van der Waals surface area contributed by atoms with E-state index in [-0.39, 0.29) is 0 Å². The van der Waals surface area contributed by atoms with Crippen molar-refractivity contribution in [1.29, 1.82) is 0 Å². The number of thiocarbonyl (C=S) groups is 1. The van der Waals surface area contributed by atoms with Gasteiger partial charge in [0.05, 0.1) is 11.4 Å². The number of likely N-dealkylation sites (N-methyl/N-ethyl adjacent to an activating group) is 1. The van der Waals surface area contributed by atoms with Crippen molar-refractivity contribution in [3.05, 3.63) is 54.1 Å². The first-order valence-electron chi connectivity index (χ1n) is 6.64. The number of hydrogen-bond acceptors (Lipinski definition) is 3. The zero-order valence-corrected chi connectivity index (χ0v) is 12.2. The highest BCUT2D eigenvalue weighted by Gasteiger charge is 2.20. The zero-order chi connectivity index (χ0) is 14.1. The van der Waals surface area contributed by atoms with Crippen LogP contribution in [0.15, 0.2) is 48.5 Å². The van der Waals surface area contributed by atoms with Crippen LogP contribution < -0.4 is 15.5 Å². The van der Waals surface area contributed by atoms with E-state index < -0.39 is 0 Å². The van der Waals surface area contributed by atoms with Crippen LogP contribution in [-0.2, 0) is 0 Å². The summed E-state index contributed by atoms with van der Waals surface area (Å²) in [6, 6.07) is 16.6. The zero-order valence-electron chi connectivity index (χ0n) is 11.4. The number of anilines is 3. The highest BCUT2D eigenvalue weighted by molar-refractivity contribution is 7.80. The maximum absolute atomic E-state index is 5.65. The molecule has 0 amide bonds. The van der Waals surface area contributed by atoms with Gasteiger partial charge in [-0.3, -0.25) is 0 Å². The maximum atomic E-state index is 5.65. The lowest BCUT2D eigenvalue weighted by Crippen LogP contribution is -2.36. The first-order chi connectivity index (χ1) is 9.66.